The van der Waals surface area contributed by atoms with Crippen molar-refractivity contribution in [2.24, 2.45) is 0 Å². The van der Waals surface area contributed by atoms with Gasteiger partial charge in [0.1, 0.15) is 11.6 Å². The molecule has 0 bridgehead atoms. The second-order valence-corrected chi connectivity index (χ2v) is 5.17. The van der Waals surface area contributed by atoms with Crippen LogP contribution in [0.3, 0.4) is 0 Å². The molecule has 2 rings (SSSR count). The molecule has 1 unspecified atom stereocenters. The highest BCUT2D eigenvalue weighted by molar-refractivity contribution is 5.49. The highest BCUT2D eigenvalue weighted by Gasteiger charge is 2.19. The zero-order valence-corrected chi connectivity index (χ0v) is 13.0. The van der Waals surface area contributed by atoms with E-state index in [2.05, 4.69) is 38.2 Å². The van der Waals surface area contributed by atoms with Crippen molar-refractivity contribution in [3.8, 4) is 5.75 Å². The van der Waals surface area contributed by atoms with Gasteiger partial charge in [-0.15, -0.1) is 0 Å². The average Bonchev–Trinajstić information content (AvgIpc) is 2.49. The average molecular weight is 287 g/mol. The van der Waals surface area contributed by atoms with Crippen LogP contribution in [0.4, 0.5) is 4.39 Å². The number of methoxy groups -OCH3 is 1. The fourth-order valence-electron chi connectivity index (χ4n) is 2.58. The number of benzene rings is 2. The van der Waals surface area contributed by atoms with Gasteiger partial charge in [-0.05, 0) is 49.2 Å². The Bertz CT molecular complexity index is 607. The second-order valence-electron chi connectivity index (χ2n) is 5.17. The Morgan fingerprint density at radius 3 is 2.33 bits per heavy atom. The van der Waals surface area contributed by atoms with Gasteiger partial charge in [0, 0.05) is 5.56 Å². The molecule has 2 aromatic carbocycles. The van der Waals surface area contributed by atoms with E-state index in [4.69, 9.17) is 4.74 Å². The molecule has 0 spiro atoms. The molecule has 0 saturated heterocycles. The molecule has 21 heavy (non-hydrogen) atoms. The van der Waals surface area contributed by atoms with Gasteiger partial charge in [0.25, 0.3) is 0 Å². The Labute approximate surface area is 126 Å². The summed E-state index contributed by atoms with van der Waals surface area (Å²) in [6.07, 6.45) is 0. The fourth-order valence-corrected chi connectivity index (χ4v) is 2.58. The highest BCUT2D eigenvalue weighted by Crippen LogP contribution is 2.34. The van der Waals surface area contributed by atoms with Crippen LogP contribution < -0.4 is 10.1 Å². The molecule has 2 nitrogen and oxygen atoms in total. The van der Waals surface area contributed by atoms with Gasteiger partial charge in [0.05, 0.1) is 13.2 Å². The molecule has 1 atom stereocenters. The summed E-state index contributed by atoms with van der Waals surface area (Å²) in [5, 5.41) is 3.45. The third kappa shape index (κ3) is 3.24. The topological polar surface area (TPSA) is 21.3 Å². The summed E-state index contributed by atoms with van der Waals surface area (Å²) in [7, 11) is 1.69. The first-order chi connectivity index (χ1) is 10.1. The largest absolute Gasteiger partial charge is 0.496 e. The first-order valence-electron chi connectivity index (χ1n) is 7.21. The van der Waals surface area contributed by atoms with E-state index < -0.39 is 0 Å². The van der Waals surface area contributed by atoms with Gasteiger partial charge in [0.2, 0.25) is 0 Å². The molecule has 0 amide bonds. The second kappa shape index (κ2) is 6.72. The quantitative estimate of drug-likeness (QED) is 0.892. The van der Waals surface area contributed by atoms with E-state index in [0.29, 0.717) is 0 Å². The Kier molecular flexibility index (Phi) is 4.97. The highest BCUT2D eigenvalue weighted by atomic mass is 19.1. The van der Waals surface area contributed by atoms with E-state index in [9.17, 15) is 4.39 Å². The normalized spacial score (nSPS) is 12.2. The first kappa shape index (κ1) is 15.5. The number of hydrogen-bond donors (Lipinski definition) is 1. The standard InChI is InChI=1S/C18H22FNO/c1-5-20-17(14-7-9-15(19)10-8-14)16-11-6-12(2)13(3)18(16)21-4/h6-11,17,20H,5H2,1-4H3. The molecule has 0 aromatic heterocycles. The van der Waals surface area contributed by atoms with Crippen molar-refractivity contribution >= 4 is 0 Å². The van der Waals surface area contributed by atoms with E-state index in [1.807, 2.05) is 12.1 Å². The van der Waals surface area contributed by atoms with Crippen LogP contribution in [0.5, 0.6) is 5.75 Å². The number of nitrogens with one attached hydrogen (secondary N) is 1. The summed E-state index contributed by atoms with van der Waals surface area (Å²) in [4.78, 5) is 0. The van der Waals surface area contributed by atoms with E-state index in [1.165, 1.54) is 17.7 Å². The minimum absolute atomic E-state index is 0.00940. The van der Waals surface area contributed by atoms with Crippen molar-refractivity contribution in [2.45, 2.75) is 26.8 Å². The van der Waals surface area contributed by atoms with Crippen LogP contribution in [0.15, 0.2) is 36.4 Å². The van der Waals surface area contributed by atoms with Crippen LogP contribution >= 0.6 is 0 Å². The Hall–Kier alpha value is -1.87. The van der Waals surface area contributed by atoms with Crippen LogP contribution in [0.25, 0.3) is 0 Å². The van der Waals surface area contributed by atoms with Crippen molar-refractivity contribution in [3.05, 3.63) is 64.5 Å². The third-order valence-corrected chi connectivity index (χ3v) is 3.83. The summed E-state index contributed by atoms with van der Waals surface area (Å²) in [6.45, 7) is 7.01. The molecule has 0 aliphatic rings. The zero-order chi connectivity index (χ0) is 15.4. The lowest BCUT2D eigenvalue weighted by Gasteiger charge is -2.23. The van der Waals surface area contributed by atoms with Crippen LogP contribution in [0.2, 0.25) is 0 Å². The minimum atomic E-state index is -0.221. The zero-order valence-electron chi connectivity index (χ0n) is 13.0. The number of ether oxygens (including phenoxy) is 1. The van der Waals surface area contributed by atoms with Crippen molar-refractivity contribution in [3.63, 3.8) is 0 Å². The summed E-state index contributed by atoms with van der Waals surface area (Å²) >= 11 is 0. The van der Waals surface area contributed by atoms with Gasteiger partial charge in [-0.25, -0.2) is 4.39 Å². The predicted molar refractivity (Wildman–Crippen MR) is 84.4 cm³/mol. The molecule has 0 heterocycles. The SMILES string of the molecule is CCNC(c1ccc(F)cc1)c1ccc(C)c(C)c1OC. The molecule has 0 saturated carbocycles. The summed E-state index contributed by atoms with van der Waals surface area (Å²) in [5.41, 5.74) is 4.44. The maximum Gasteiger partial charge on any atom is 0.127 e. The monoisotopic (exact) mass is 287 g/mol. The molecule has 112 valence electrons. The summed E-state index contributed by atoms with van der Waals surface area (Å²) < 4.78 is 18.8. The maximum atomic E-state index is 13.2. The smallest absolute Gasteiger partial charge is 0.127 e. The van der Waals surface area contributed by atoms with Crippen molar-refractivity contribution in [1.82, 2.24) is 5.32 Å². The first-order valence-corrected chi connectivity index (χ1v) is 7.21. The minimum Gasteiger partial charge on any atom is -0.496 e. The van der Waals surface area contributed by atoms with Gasteiger partial charge >= 0.3 is 0 Å². The van der Waals surface area contributed by atoms with E-state index >= 15 is 0 Å². The number of rotatable bonds is 5. The van der Waals surface area contributed by atoms with E-state index in [-0.39, 0.29) is 11.9 Å². The molecular formula is C18H22FNO. The van der Waals surface area contributed by atoms with Crippen LogP contribution in [-0.4, -0.2) is 13.7 Å². The Balaban J connectivity index is 2.52. The van der Waals surface area contributed by atoms with Gasteiger partial charge in [-0.1, -0.05) is 31.2 Å². The molecular weight excluding hydrogens is 265 g/mol. The molecule has 2 aromatic rings. The molecule has 0 aliphatic carbocycles. The van der Waals surface area contributed by atoms with Crippen LogP contribution in [0.1, 0.15) is 35.2 Å². The van der Waals surface area contributed by atoms with Crippen LogP contribution in [0, 0.1) is 19.7 Å². The maximum absolute atomic E-state index is 13.2. The molecule has 0 radical (unpaired) electrons. The molecule has 0 aliphatic heterocycles. The number of halogens is 1. The molecule has 1 N–H and O–H groups in total. The van der Waals surface area contributed by atoms with Crippen molar-refractivity contribution in [2.75, 3.05) is 13.7 Å². The summed E-state index contributed by atoms with van der Waals surface area (Å²) in [6, 6.07) is 10.8. The van der Waals surface area contributed by atoms with E-state index in [0.717, 1.165) is 29.0 Å². The molecule has 3 heteroatoms. The Morgan fingerprint density at radius 1 is 1.10 bits per heavy atom. The van der Waals surface area contributed by atoms with Gasteiger partial charge in [0.15, 0.2) is 0 Å². The van der Waals surface area contributed by atoms with Crippen molar-refractivity contribution < 1.29 is 9.13 Å². The van der Waals surface area contributed by atoms with Gasteiger partial charge < -0.3 is 10.1 Å². The Morgan fingerprint density at radius 2 is 1.76 bits per heavy atom. The third-order valence-electron chi connectivity index (χ3n) is 3.83. The fraction of sp³-hybridized carbons (Fsp3) is 0.333. The lowest BCUT2D eigenvalue weighted by molar-refractivity contribution is 0.401. The molecule has 0 fully saturated rings. The number of hydrogen-bond acceptors (Lipinski definition) is 2. The van der Waals surface area contributed by atoms with Crippen LogP contribution in [-0.2, 0) is 0 Å². The lowest BCUT2D eigenvalue weighted by atomic mass is 9.94. The summed E-state index contributed by atoms with van der Waals surface area (Å²) in [5.74, 6) is 0.673. The van der Waals surface area contributed by atoms with Gasteiger partial charge in [-0.2, -0.15) is 0 Å². The number of aryl methyl sites for hydroxylation is 1. The van der Waals surface area contributed by atoms with E-state index in [1.54, 1.807) is 7.11 Å². The van der Waals surface area contributed by atoms with Crippen molar-refractivity contribution in [1.29, 1.82) is 0 Å². The van der Waals surface area contributed by atoms with Gasteiger partial charge in [-0.3, -0.25) is 0 Å². The predicted octanol–water partition coefficient (Wildman–Crippen LogP) is 4.15. The lowest BCUT2D eigenvalue weighted by Crippen LogP contribution is -2.23.